The summed E-state index contributed by atoms with van der Waals surface area (Å²) in [6.07, 6.45) is 8.12. The van der Waals surface area contributed by atoms with E-state index in [0.29, 0.717) is 11.8 Å². The Hall–Kier alpha value is -4.51. The lowest BCUT2D eigenvalue weighted by molar-refractivity contribution is -0.942. The normalized spacial score (nSPS) is 17.7. The number of rotatable bonds is 5. The fraction of sp³-hybridized carbons (Fsp3) is 0.413. The Morgan fingerprint density at radius 1 is 0.824 bits per heavy atom. The summed E-state index contributed by atoms with van der Waals surface area (Å²) >= 11 is 0. The van der Waals surface area contributed by atoms with Gasteiger partial charge in [0.05, 0.1) is 10.9 Å². The molecule has 0 N–H and O–H groups in total. The molecule has 4 heterocycles. The van der Waals surface area contributed by atoms with Gasteiger partial charge in [0, 0.05) is 30.4 Å². The van der Waals surface area contributed by atoms with E-state index in [1.807, 2.05) is 0 Å². The molecule has 2 aliphatic rings. The van der Waals surface area contributed by atoms with Crippen molar-refractivity contribution in [2.75, 3.05) is 0 Å². The van der Waals surface area contributed by atoms with Crippen LogP contribution in [0.5, 0.6) is 0 Å². The smallest absolute Gasteiger partial charge is 0.337 e. The van der Waals surface area contributed by atoms with E-state index < -0.39 is 5.79 Å². The number of hydrogen-bond donors (Lipinski definition) is 0. The van der Waals surface area contributed by atoms with Crippen molar-refractivity contribution in [1.29, 1.82) is 0 Å². The molecule has 4 aromatic carbocycles. The zero-order valence-electron chi connectivity index (χ0n) is 32.8. The van der Waals surface area contributed by atoms with Crippen LogP contribution in [0.1, 0.15) is 92.9 Å². The maximum atomic E-state index is 5.52. The Morgan fingerprint density at radius 2 is 1.53 bits per heavy atom. The summed E-state index contributed by atoms with van der Waals surface area (Å²) in [6.45, 7) is 25.7. The van der Waals surface area contributed by atoms with E-state index in [1.165, 1.54) is 71.5 Å². The maximum Gasteiger partial charge on any atom is 0.418 e. The van der Waals surface area contributed by atoms with Crippen LogP contribution in [0.4, 0.5) is 0 Å². The minimum atomic E-state index is -0.661. The second kappa shape index (κ2) is 11.5. The summed E-state index contributed by atoms with van der Waals surface area (Å²) < 4.78 is 7.59. The molecule has 6 aromatic rings. The fourth-order valence-electron chi connectivity index (χ4n) is 9.29. The first kappa shape index (κ1) is 33.6. The Balaban J connectivity index is 1.61. The molecule has 0 fully saturated rings. The molecule has 2 aromatic heterocycles. The SMILES string of the molecule is CC(C)Cc1cccc2c1ccc1c2c2nc[n+]3c(c2n1C)-c1cc(C(C)(C)C)c2ccccc2c1C31N(C(C)C)C=C(C(C)C)C=[N+]1C(C)C. The van der Waals surface area contributed by atoms with Crippen LogP contribution in [0.3, 0.4) is 0 Å². The third-order valence-electron chi connectivity index (χ3n) is 11.5. The van der Waals surface area contributed by atoms with Gasteiger partial charge in [-0.1, -0.05) is 97.0 Å². The molecule has 0 amide bonds. The van der Waals surface area contributed by atoms with Crippen molar-refractivity contribution in [1.82, 2.24) is 14.5 Å². The van der Waals surface area contributed by atoms with Crippen LogP contribution in [-0.2, 0) is 24.7 Å². The van der Waals surface area contributed by atoms with Gasteiger partial charge in [-0.25, -0.2) is 0 Å². The predicted octanol–water partition coefficient (Wildman–Crippen LogP) is 10.2. The highest BCUT2D eigenvalue weighted by molar-refractivity contribution is 6.21. The summed E-state index contributed by atoms with van der Waals surface area (Å²) in [7, 11) is 2.25. The van der Waals surface area contributed by atoms with Crippen molar-refractivity contribution in [2.24, 2.45) is 18.9 Å². The highest BCUT2D eigenvalue weighted by atomic mass is 15.5. The average molecular weight is 678 g/mol. The van der Waals surface area contributed by atoms with Crippen LogP contribution in [0.2, 0.25) is 0 Å². The van der Waals surface area contributed by atoms with Gasteiger partial charge in [-0.05, 0) is 101 Å². The maximum absolute atomic E-state index is 5.52. The number of hydrogen-bond acceptors (Lipinski definition) is 2. The molecule has 0 bridgehead atoms. The molecule has 8 rings (SSSR count). The standard InChI is InChI=1S/C46H55N5/c1-27(2)22-31-16-15-19-35-33(31)20-21-39-40(35)42-44(48(39)12)43-37-23-38(45(9,10)11)34-17-13-14-18-36(34)41(37)46(51(43)26-47-42)49(29(5)6)24-32(28(3)4)25-50(46)30(7)8/h13-21,23-30H,22H2,1-12H3/q+2. The number of benzene rings is 4. The Labute approximate surface area is 303 Å². The van der Waals surface area contributed by atoms with Gasteiger partial charge in [0.15, 0.2) is 18.0 Å². The molecule has 262 valence electrons. The van der Waals surface area contributed by atoms with E-state index in [2.05, 4.69) is 181 Å². The van der Waals surface area contributed by atoms with Crippen molar-refractivity contribution < 1.29 is 9.14 Å². The largest absolute Gasteiger partial charge is 0.418 e. The lowest BCUT2D eigenvalue weighted by Crippen LogP contribution is -2.73. The third-order valence-corrected chi connectivity index (χ3v) is 11.5. The number of aromatic nitrogens is 3. The van der Waals surface area contributed by atoms with E-state index in [4.69, 9.17) is 4.98 Å². The van der Waals surface area contributed by atoms with E-state index in [0.717, 1.165) is 11.9 Å². The Kier molecular flexibility index (Phi) is 7.58. The molecule has 2 aliphatic heterocycles. The molecule has 1 unspecified atom stereocenters. The van der Waals surface area contributed by atoms with Crippen LogP contribution < -0.4 is 4.57 Å². The van der Waals surface area contributed by atoms with E-state index in [9.17, 15) is 0 Å². The van der Waals surface area contributed by atoms with Gasteiger partial charge >= 0.3 is 5.79 Å². The van der Waals surface area contributed by atoms with Crippen molar-refractivity contribution in [3.63, 3.8) is 0 Å². The molecular weight excluding hydrogens is 623 g/mol. The molecule has 0 radical (unpaired) electrons. The molecular formula is C46H55N5+2. The second-order valence-corrected chi connectivity index (χ2v) is 17.5. The number of allylic oxidation sites excluding steroid dienone is 1. The Morgan fingerprint density at radius 3 is 2.18 bits per heavy atom. The van der Waals surface area contributed by atoms with Gasteiger partial charge in [0.25, 0.3) is 6.33 Å². The molecule has 0 saturated heterocycles. The van der Waals surface area contributed by atoms with Gasteiger partial charge < -0.3 is 4.57 Å². The van der Waals surface area contributed by atoms with E-state index in [-0.39, 0.29) is 17.5 Å². The van der Waals surface area contributed by atoms with Gasteiger partial charge in [0.1, 0.15) is 11.1 Å². The first-order valence-electron chi connectivity index (χ1n) is 19.1. The van der Waals surface area contributed by atoms with E-state index in [1.54, 1.807) is 0 Å². The Bertz CT molecular complexity index is 2460. The number of aryl methyl sites for hydroxylation is 1. The fourth-order valence-corrected chi connectivity index (χ4v) is 9.29. The summed E-state index contributed by atoms with van der Waals surface area (Å²) in [5.74, 6) is 0.315. The molecule has 0 saturated carbocycles. The van der Waals surface area contributed by atoms with Crippen molar-refractivity contribution in [3.05, 3.63) is 95.5 Å². The summed E-state index contributed by atoms with van der Waals surface area (Å²) in [4.78, 5) is 8.15. The molecule has 1 spiro atoms. The number of fused-ring (bicyclic) bond motifs is 13. The van der Waals surface area contributed by atoms with Crippen LogP contribution in [0.25, 0.3) is 54.7 Å². The first-order chi connectivity index (χ1) is 24.2. The van der Waals surface area contributed by atoms with Crippen LogP contribution >= 0.6 is 0 Å². The lowest BCUT2D eigenvalue weighted by Gasteiger charge is -2.42. The minimum absolute atomic E-state index is 0.0534. The monoisotopic (exact) mass is 677 g/mol. The first-order valence-corrected chi connectivity index (χ1v) is 19.1. The van der Waals surface area contributed by atoms with Crippen molar-refractivity contribution >= 4 is 49.7 Å². The van der Waals surface area contributed by atoms with Gasteiger partial charge in [-0.2, -0.15) is 4.58 Å². The minimum Gasteiger partial charge on any atom is -0.337 e. The summed E-state index contributed by atoms with van der Waals surface area (Å²) in [5.41, 5.74) is 11.4. The predicted molar refractivity (Wildman–Crippen MR) is 215 cm³/mol. The molecule has 5 nitrogen and oxygen atoms in total. The second-order valence-electron chi connectivity index (χ2n) is 17.5. The number of nitrogens with zero attached hydrogens (tertiary/aromatic N) is 5. The van der Waals surface area contributed by atoms with Crippen molar-refractivity contribution in [3.8, 4) is 11.3 Å². The van der Waals surface area contributed by atoms with Crippen LogP contribution in [0, 0.1) is 11.8 Å². The van der Waals surface area contributed by atoms with Crippen molar-refractivity contribution in [2.45, 2.75) is 106 Å². The van der Waals surface area contributed by atoms with Gasteiger partial charge in [-0.15, -0.1) is 4.57 Å². The average Bonchev–Trinajstić information content (AvgIpc) is 3.53. The zero-order chi connectivity index (χ0) is 36.3. The van der Waals surface area contributed by atoms with Gasteiger partial charge in [0.2, 0.25) is 5.52 Å². The molecule has 5 heteroatoms. The quantitative estimate of drug-likeness (QED) is 0.170. The topological polar surface area (TPSA) is 27.9 Å². The summed E-state index contributed by atoms with van der Waals surface area (Å²) in [5, 5.41) is 6.51. The highest BCUT2D eigenvalue weighted by Crippen LogP contribution is 2.51. The van der Waals surface area contributed by atoms with Gasteiger partial charge in [-0.3, -0.25) is 4.90 Å². The third kappa shape index (κ3) is 4.62. The van der Waals surface area contributed by atoms with Crippen LogP contribution in [0.15, 0.2) is 78.8 Å². The van der Waals surface area contributed by atoms with Crippen LogP contribution in [-0.4, -0.2) is 37.3 Å². The zero-order valence-corrected chi connectivity index (χ0v) is 32.8. The molecule has 1 atom stereocenters. The van der Waals surface area contributed by atoms with E-state index >= 15 is 0 Å². The lowest BCUT2D eigenvalue weighted by atomic mass is 9.79. The molecule has 51 heavy (non-hydrogen) atoms. The molecule has 0 aliphatic carbocycles. The highest BCUT2D eigenvalue weighted by Gasteiger charge is 2.65. The summed E-state index contributed by atoms with van der Waals surface area (Å²) in [6, 6.07) is 23.6.